The van der Waals surface area contributed by atoms with Crippen molar-refractivity contribution in [2.24, 2.45) is 0 Å². The van der Waals surface area contributed by atoms with E-state index in [0.717, 1.165) is 0 Å². The van der Waals surface area contributed by atoms with E-state index >= 15 is 0 Å². The maximum absolute atomic E-state index is 13.2. The molecule has 6 nitrogen and oxygen atoms in total. The van der Waals surface area contributed by atoms with E-state index in [1.807, 2.05) is 10.2 Å². The average Bonchev–Trinajstić information content (AvgIpc) is 2.60. The maximum atomic E-state index is 13.2. The number of hydrogen-bond donors (Lipinski definition) is 3. The second-order valence-corrected chi connectivity index (χ2v) is 7.00. The van der Waals surface area contributed by atoms with Gasteiger partial charge in [0.15, 0.2) is 0 Å². The van der Waals surface area contributed by atoms with Crippen LogP contribution in [0.5, 0.6) is 0 Å². The Balaban J connectivity index is 1.85. The molecule has 0 bridgehead atoms. The van der Waals surface area contributed by atoms with Gasteiger partial charge in [0.1, 0.15) is 6.04 Å². The van der Waals surface area contributed by atoms with Crippen molar-refractivity contribution in [3.8, 4) is 0 Å². The first-order valence-corrected chi connectivity index (χ1v) is 8.83. The monoisotopic (exact) mass is 389 g/mol. The van der Waals surface area contributed by atoms with Crippen molar-refractivity contribution in [3.05, 3.63) is 35.9 Å². The van der Waals surface area contributed by atoms with Gasteiger partial charge < -0.3 is 20.5 Å². The molecule has 3 N–H and O–H groups in total. The van der Waals surface area contributed by atoms with Crippen molar-refractivity contribution in [2.45, 2.75) is 31.2 Å². The van der Waals surface area contributed by atoms with Gasteiger partial charge in [0.25, 0.3) is 0 Å². The molecule has 1 saturated heterocycles. The molecule has 152 valence electrons. The first-order valence-electron chi connectivity index (χ1n) is 8.83. The summed E-state index contributed by atoms with van der Waals surface area (Å²) < 4.78 is 44.9. The van der Waals surface area contributed by atoms with Gasteiger partial charge in [-0.1, -0.05) is 30.3 Å². The summed E-state index contributed by atoms with van der Waals surface area (Å²) in [7, 11) is 0. The van der Waals surface area contributed by atoms with Crippen molar-refractivity contribution in [2.75, 3.05) is 39.4 Å². The van der Waals surface area contributed by atoms with Crippen LogP contribution < -0.4 is 10.6 Å². The molecule has 2 amide bonds. The summed E-state index contributed by atoms with van der Waals surface area (Å²) in [5.74, 6) is 0. The number of carbonyl (C=O) groups is 1. The van der Waals surface area contributed by atoms with Gasteiger partial charge in [0, 0.05) is 32.6 Å². The first kappa shape index (κ1) is 21.5. The lowest BCUT2D eigenvalue weighted by Gasteiger charge is -2.34. The van der Waals surface area contributed by atoms with E-state index in [4.69, 9.17) is 4.74 Å². The SMILES string of the molecule is C[C@](O)(CNC(=O)N[C@@H](Cc1ccccc1)C(F)(F)F)CN1CCOCC1. The third kappa shape index (κ3) is 7.74. The Hall–Kier alpha value is -1.84. The number of morpholine rings is 1. The minimum atomic E-state index is -4.58. The lowest BCUT2D eigenvalue weighted by molar-refractivity contribution is -0.152. The molecule has 0 saturated carbocycles. The van der Waals surface area contributed by atoms with Gasteiger partial charge in [-0.3, -0.25) is 4.90 Å². The number of carbonyl (C=O) groups excluding carboxylic acids is 1. The Morgan fingerprint density at radius 3 is 2.48 bits per heavy atom. The Morgan fingerprint density at radius 2 is 1.89 bits per heavy atom. The van der Waals surface area contributed by atoms with Crippen molar-refractivity contribution in [1.82, 2.24) is 15.5 Å². The number of β-amino-alcohol motifs (C(OH)–C–C–N with tert-alkyl or cyclic N) is 1. The summed E-state index contributed by atoms with van der Waals surface area (Å²) in [5, 5.41) is 14.7. The van der Waals surface area contributed by atoms with E-state index in [1.165, 1.54) is 6.92 Å². The number of aliphatic hydroxyl groups is 1. The lowest BCUT2D eigenvalue weighted by atomic mass is 10.1. The van der Waals surface area contributed by atoms with Gasteiger partial charge in [-0.05, 0) is 12.5 Å². The summed E-state index contributed by atoms with van der Waals surface area (Å²) in [5.41, 5.74) is -0.790. The summed E-state index contributed by atoms with van der Waals surface area (Å²) in [6.45, 7) is 4.13. The molecule has 0 radical (unpaired) electrons. The van der Waals surface area contributed by atoms with Crippen molar-refractivity contribution in [1.29, 1.82) is 0 Å². The zero-order chi connectivity index (χ0) is 19.9. The molecule has 1 aromatic rings. The second-order valence-electron chi connectivity index (χ2n) is 7.00. The van der Waals surface area contributed by atoms with E-state index in [1.54, 1.807) is 30.3 Å². The number of benzene rings is 1. The number of hydrogen-bond acceptors (Lipinski definition) is 4. The third-order valence-corrected chi connectivity index (χ3v) is 4.28. The summed E-state index contributed by atoms with van der Waals surface area (Å²) in [6, 6.07) is 5.18. The van der Waals surface area contributed by atoms with Crippen LogP contribution in [0.25, 0.3) is 0 Å². The van der Waals surface area contributed by atoms with E-state index in [0.29, 0.717) is 38.4 Å². The maximum Gasteiger partial charge on any atom is 0.408 e. The van der Waals surface area contributed by atoms with Crippen LogP contribution in [0.4, 0.5) is 18.0 Å². The predicted octanol–water partition coefficient (Wildman–Crippen LogP) is 1.54. The van der Waals surface area contributed by atoms with Crippen molar-refractivity contribution >= 4 is 6.03 Å². The minimum Gasteiger partial charge on any atom is -0.387 e. The van der Waals surface area contributed by atoms with Crippen LogP contribution in [0.2, 0.25) is 0 Å². The Bertz CT molecular complexity index is 591. The number of rotatable bonds is 7. The smallest absolute Gasteiger partial charge is 0.387 e. The third-order valence-electron chi connectivity index (χ3n) is 4.28. The molecule has 2 rings (SSSR count). The van der Waals surface area contributed by atoms with E-state index in [2.05, 4.69) is 5.32 Å². The summed E-state index contributed by atoms with van der Waals surface area (Å²) in [4.78, 5) is 13.9. The predicted molar refractivity (Wildman–Crippen MR) is 94.4 cm³/mol. The largest absolute Gasteiger partial charge is 0.408 e. The van der Waals surface area contributed by atoms with Crippen LogP contribution >= 0.6 is 0 Å². The molecule has 1 heterocycles. The highest BCUT2D eigenvalue weighted by Crippen LogP contribution is 2.23. The second kappa shape index (κ2) is 9.38. The van der Waals surface area contributed by atoms with Gasteiger partial charge in [-0.25, -0.2) is 4.79 Å². The van der Waals surface area contributed by atoms with Crippen LogP contribution in [0.1, 0.15) is 12.5 Å². The fourth-order valence-electron chi connectivity index (χ4n) is 2.88. The highest BCUT2D eigenvalue weighted by molar-refractivity contribution is 5.74. The Morgan fingerprint density at radius 1 is 1.26 bits per heavy atom. The molecule has 0 spiro atoms. The number of urea groups is 1. The molecule has 27 heavy (non-hydrogen) atoms. The summed E-state index contributed by atoms with van der Waals surface area (Å²) in [6.07, 6.45) is -4.94. The molecule has 1 aliphatic heterocycles. The van der Waals surface area contributed by atoms with Gasteiger partial charge in [-0.2, -0.15) is 13.2 Å². The van der Waals surface area contributed by atoms with Crippen LogP contribution in [0, 0.1) is 0 Å². The zero-order valence-electron chi connectivity index (χ0n) is 15.3. The van der Waals surface area contributed by atoms with Crippen molar-refractivity contribution in [3.63, 3.8) is 0 Å². The van der Waals surface area contributed by atoms with Crippen molar-refractivity contribution < 1.29 is 27.8 Å². The number of amides is 2. The Kier molecular flexibility index (Phi) is 7.46. The molecule has 0 aliphatic carbocycles. The zero-order valence-corrected chi connectivity index (χ0v) is 15.3. The van der Waals surface area contributed by atoms with Gasteiger partial charge in [0.2, 0.25) is 0 Å². The molecular weight excluding hydrogens is 363 g/mol. The molecule has 9 heteroatoms. The molecule has 1 aromatic carbocycles. The van der Waals surface area contributed by atoms with E-state index < -0.39 is 23.9 Å². The molecule has 0 aromatic heterocycles. The number of nitrogens with zero attached hydrogens (tertiary/aromatic N) is 1. The summed E-state index contributed by atoms with van der Waals surface area (Å²) >= 11 is 0. The standard InChI is InChI=1S/C18H26F3N3O3/c1-17(26,13-24-7-9-27-10-8-24)12-22-16(25)23-15(18(19,20)21)11-14-5-3-2-4-6-14/h2-6,15,26H,7-13H2,1H3,(H2,22,23,25)/t15-,17-/m0/s1. The fraction of sp³-hybridized carbons (Fsp3) is 0.611. The fourth-order valence-corrected chi connectivity index (χ4v) is 2.88. The van der Waals surface area contributed by atoms with E-state index in [9.17, 15) is 23.1 Å². The minimum absolute atomic E-state index is 0.161. The van der Waals surface area contributed by atoms with E-state index in [-0.39, 0.29) is 13.0 Å². The molecular formula is C18H26F3N3O3. The van der Waals surface area contributed by atoms with Gasteiger partial charge in [0.05, 0.1) is 18.8 Å². The average molecular weight is 389 g/mol. The quantitative estimate of drug-likeness (QED) is 0.662. The first-order chi connectivity index (χ1) is 12.7. The lowest BCUT2D eigenvalue weighted by Crippen LogP contribution is -2.55. The van der Waals surface area contributed by atoms with Crippen LogP contribution in [-0.2, 0) is 11.2 Å². The molecule has 1 fully saturated rings. The molecule has 2 atom stereocenters. The number of nitrogens with one attached hydrogen (secondary N) is 2. The topological polar surface area (TPSA) is 73.8 Å². The van der Waals surface area contributed by atoms with Crippen LogP contribution in [-0.4, -0.2) is 73.2 Å². The number of alkyl halides is 3. The van der Waals surface area contributed by atoms with Crippen LogP contribution in [0.15, 0.2) is 30.3 Å². The molecule has 0 unspecified atom stereocenters. The Labute approximate surface area is 156 Å². The highest BCUT2D eigenvalue weighted by atomic mass is 19.4. The van der Waals surface area contributed by atoms with Gasteiger partial charge >= 0.3 is 12.2 Å². The highest BCUT2D eigenvalue weighted by Gasteiger charge is 2.40. The normalized spacial score (nSPS) is 19.1. The number of ether oxygens (including phenoxy) is 1. The number of halogens is 3. The molecule has 1 aliphatic rings. The van der Waals surface area contributed by atoms with Crippen LogP contribution in [0.3, 0.4) is 0 Å². The van der Waals surface area contributed by atoms with Gasteiger partial charge in [-0.15, -0.1) is 0 Å².